The molecule has 1 amide bonds. The molecule has 0 aliphatic rings. The Hall–Kier alpha value is -4.20. The van der Waals surface area contributed by atoms with Gasteiger partial charge in [0, 0.05) is 17.4 Å². The maximum absolute atomic E-state index is 13.4. The van der Waals surface area contributed by atoms with Crippen molar-refractivity contribution in [1.82, 2.24) is 14.1 Å². The fourth-order valence-corrected chi connectivity index (χ4v) is 3.70. The second-order valence-electron chi connectivity index (χ2n) is 7.79. The van der Waals surface area contributed by atoms with Gasteiger partial charge in [-0.1, -0.05) is 24.3 Å². The number of hydrogen-bond acceptors (Lipinski definition) is 5. The van der Waals surface area contributed by atoms with Crippen LogP contribution in [0.25, 0.3) is 11.0 Å². The molecule has 0 radical (unpaired) electrons. The van der Waals surface area contributed by atoms with E-state index in [0.29, 0.717) is 17.0 Å². The monoisotopic (exact) mass is 444 g/mol. The summed E-state index contributed by atoms with van der Waals surface area (Å²) in [5.74, 6) is 0.170. The van der Waals surface area contributed by atoms with E-state index >= 15 is 0 Å². The minimum atomic E-state index is -0.618. The topological polar surface area (TPSA) is 95.2 Å². The first-order chi connectivity index (χ1) is 15.9. The normalized spacial score (nSPS) is 10.9. The van der Waals surface area contributed by atoms with Gasteiger partial charge in [0.25, 0.3) is 5.56 Å². The van der Waals surface area contributed by atoms with Crippen molar-refractivity contribution in [3.05, 3.63) is 98.3 Å². The third-order valence-electron chi connectivity index (χ3n) is 5.59. The SMILES string of the molecule is COc1ccccc1Cn1c(=O)c2cccnc2n(CC(=O)Nc2ccc(C)c(C)c2)c1=O. The number of fused-ring (bicyclic) bond motifs is 1. The molecule has 0 aliphatic carbocycles. The molecule has 2 aromatic carbocycles. The number of hydrogen-bond donors (Lipinski definition) is 1. The smallest absolute Gasteiger partial charge is 0.333 e. The van der Waals surface area contributed by atoms with Gasteiger partial charge in [0.2, 0.25) is 5.91 Å². The number of methoxy groups -OCH3 is 1. The minimum absolute atomic E-state index is 0.00525. The molecule has 0 atom stereocenters. The van der Waals surface area contributed by atoms with E-state index in [0.717, 1.165) is 15.7 Å². The highest BCUT2D eigenvalue weighted by Gasteiger charge is 2.17. The summed E-state index contributed by atoms with van der Waals surface area (Å²) in [6.45, 7) is 3.67. The highest BCUT2D eigenvalue weighted by Crippen LogP contribution is 2.18. The number of aryl methyl sites for hydroxylation is 2. The van der Waals surface area contributed by atoms with E-state index in [9.17, 15) is 14.4 Å². The van der Waals surface area contributed by atoms with E-state index in [2.05, 4.69) is 10.3 Å². The molecule has 0 unspecified atom stereocenters. The third-order valence-corrected chi connectivity index (χ3v) is 5.59. The Kier molecular flexibility index (Phi) is 6.08. The van der Waals surface area contributed by atoms with Gasteiger partial charge in [0.05, 0.1) is 19.0 Å². The molecule has 0 saturated carbocycles. The maximum atomic E-state index is 13.4. The summed E-state index contributed by atoms with van der Waals surface area (Å²) in [7, 11) is 1.53. The second kappa shape index (κ2) is 9.12. The van der Waals surface area contributed by atoms with Crippen LogP contribution >= 0.6 is 0 Å². The largest absolute Gasteiger partial charge is 0.496 e. The molecule has 8 heteroatoms. The number of pyridine rings is 1. The van der Waals surface area contributed by atoms with Gasteiger partial charge < -0.3 is 10.1 Å². The van der Waals surface area contributed by atoms with Crippen LogP contribution in [0.5, 0.6) is 5.75 Å². The standard InChI is InChI=1S/C25H24N4O4/c1-16-10-11-19(13-17(16)2)27-22(30)15-28-23-20(8-6-12-26-23)24(31)29(25(28)32)14-18-7-4-5-9-21(18)33-3/h4-13H,14-15H2,1-3H3,(H,27,30). The van der Waals surface area contributed by atoms with Crippen LogP contribution in [0.3, 0.4) is 0 Å². The van der Waals surface area contributed by atoms with Crippen molar-refractivity contribution in [2.45, 2.75) is 26.9 Å². The minimum Gasteiger partial charge on any atom is -0.496 e. The number of ether oxygens (including phenoxy) is 1. The number of anilines is 1. The number of amides is 1. The van der Waals surface area contributed by atoms with Crippen LogP contribution in [-0.2, 0) is 17.9 Å². The van der Waals surface area contributed by atoms with Crippen molar-refractivity contribution in [2.24, 2.45) is 0 Å². The van der Waals surface area contributed by atoms with Crippen molar-refractivity contribution >= 4 is 22.6 Å². The van der Waals surface area contributed by atoms with E-state index in [-0.39, 0.29) is 24.1 Å². The van der Waals surface area contributed by atoms with E-state index in [1.54, 1.807) is 30.3 Å². The highest BCUT2D eigenvalue weighted by molar-refractivity contribution is 5.91. The number of para-hydroxylation sites is 1. The van der Waals surface area contributed by atoms with Crippen molar-refractivity contribution < 1.29 is 9.53 Å². The van der Waals surface area contributed by atoms with Crippen molar-refractivity contribution in [3.8, 4) is 5.75 Å². The lowest BCUT2D eigenvalue weighted by Gasteiger charge is -2.15. The van der Waals surface area contributed by atoms with Crippen LogP contribution in [0.4, 0.5) is 5.69 Å². The Labute approximate surface area is 190 Å². The quantitative estimate of drug-likeness (QED) is 0.493. The van der Waals surface area contributed by atoms with Gasteiger partial charge in [-0.05, 0) is 55.3 Å². The molecule has 0 aliphatic heterocycles. The van der Waals surface area contributed by atoms with Gasteiger partial charge in [-0.2, -0.15) is 0 Å². The summed E-state index contributed by atoms with van der Waals surface area (Å²) in [5, 5.41) is 3.07. The number of nitrogens with one attached hydrogen (secondary N) is 1. The van der Waals surface area contributed by atoms with Gasteiger partial charge in [0.1, 0.15) is 17.9 Å². The number of aromatic nitrogens is 3. The van der Waals surface area contributed by atoms with Gasteiger partial charge in [-0.3, -0.25) is 18.7 Å². The lowest BCUT2D eigenvalue weighted by molar-refractivity contribution is -0.116. The van der Waals surface area contributed by atoms with E-state index in [4.69, 9.17) is 4.74 Å². The van der Waals surface area contributed by atoms with Crippen LogP contribution in [0.15, 0.2) is 70.4 Å². The molecule has 0 spiro atoms. The van der Waals surface area contributed by atoms with Crippen LogP contribution in [-0.4, -0.2) is 27.1 Å². The van der Waals surface area contributed by atoms with Gasteiger partial charge in [-0.25, -0.2) is 9.78 Å². The number of rotatable bonds is 6. The zero-order valence-corrected chi connectivity index (χ0v) is 18.7. The fraction of sp³-hybridized carbons (Fsp3) is 0.200. The molecule has 168 valence electrons. The first kappa shape index (κ1) is 22.0. The molecule has 2 heterocycles. The number of benzene rings is 2. The second-order valence-corrected chi connectivity index (χ2v) is 7.79. The van der Waals surface area contributed by atoms with Gasteiger partial charge in [0.15, 0.2) is 0 Å². The molecule has 0 fully saturated rings. The Morgan fingerprint density at radius 2 is 1.79 bits per heavy atom. The molecule has 1 N–H and O–H groups in total. The summed E-state index contributed by atoms with van der Waals surface area (Å²) >= 11 is 0. The van der Waals surface area contributed by atoms with Crippen molar-refractivity contribution in [3.63, 3.8) is 0 Å². The van der Waals surface area contributed by atoms with Crippen molar-refractivity contribution in [2.75, 3.05) is 12.4 Å². The molecule has 33 heavy (non-hydrogen) atoms. The van der Waals surface area contributed by atoms with E-state index < -0.39 is 17.2 Å². The van der Waals surface area contributed by atoms with Crippen LogP contribution in [0, 0.1) is 13.8 Å². The molecule has 4 aromatic rings. The summed E-state index contributed by atoms with van der Waals surface area (Å²) in [6, 6.07) is 16.0. The Morgan fingerprint density at radius 1 is 1.00 bits per heavy atom. The Balaban J connectivity index is 1.76. The Morgan fingerprint density at radius 3 is 2.55 bits per heavy atom. The van der Waals surface area contributed by atoms with Gasteiger partial charge in [-0.15, -0.1) is 0 Å². The maximum Gasteiger partial charge on any atom is 0.333 e. The molecule has 0 bridgehead atoms. The Bertz CT molecular complexity index is 1470. The van der Waals surface area contributed by atoms with Crippen molar-refractivity contribution in [1.29, 1.82) is 0 Å². The summed E-state index contributed by atoms with van der Waals surface area (Å²) in [4.78, 5) is 43.5. The number of nitrogens with zero attached hydrogens (tertiary/aromatic N) is 3. The van der Waals surface area contributed by atoms with Crippen LogP contribution in [0.2, 0.25) is 0 Å². The molecular formula is C25H24N4O4. The summed E-state index contributed by atoms with van der Waals surface area (Å²) in [6.07, 6.45) is 1.49. The third kappa shape index (κ3) is 4.41. The zero-order chi connectivity index (χ0) is 23.5. The zero-order valence-electron chi connectivity index (χ0n) is 18.7. The molecule has 4 rings (SSSR count). The molecule has 8 nitrogen and oxygen atoms in total. The molecule has 2 aromatic heterocycles. The number of carbonyl (C=O) groups excluding carboxylic acids is 1. The van der Waals surface area contributed by atoms with E-state index in [1.807, 2.05) is 38.1 Å². The highest BCUT2D eigenvalue weighted by atomic mass is 16.5. The first-order valence-electron chi connectivity index (χ1n) is 10.5. The fourth-order valence-electron chi connectivity index (χ4n) is 3.70. The first-order valence-corrected chi connectivity index (χ1v) is 10.5. The number of carbonyl (C=O) groups is 1. The molecule has 0 saturated heterocycles. The predicted molar refractivity (Wildman–Crippen MR) is 127 cm³/mol. The molecular weight excluding hydrogens is 420 g/mol. The lowest BCUT2D eigenvalue weighted by Crippen LogP contribution is -2.42. The van der Waals surface area contributed by atoms with E-state index in [1.165, 1.54) is 17.9 Å². The average molecular weight is 444 g/mol. The van der Waals surface area contributed by atoms with Gasteiger partial charge >= 0.3 is 5.69 Å². The van der Waals surface area contributed by atoms with Crippen LogP contribution < -0.4 is 21.3 Å². The average Bonchev–Trinajstić information content (AvgIpc) is 2.82. The lowest BCUT2D eigenvalue weighted by atomic mass is 10.1. The van der Waals surface area contributed by atoms with Crippen LogP contribution in [0.1, 0.15) is 16.7 Å². The predicted octanol–water partition coefficient (Wildman–Crippen LogP) is 2.87. The summed E-state index contributed by atoms with van der Waals surface area (Å²) < 4.78 is 7.69. The summed E-state index contributed by atoms with van der Waals surface area (Å²) in [5.41, 5.74) is 2.54.